The first-order valence-corrected chi connectivity index (χ1v) is 8.60. The number of hydrogen-bond donors (Lipinski definition) is 1. The first-order valence-electron chi connectivity index (χ1n) is 6.38. The third kappa shape index (κ3) is 5.06. The summed E-state index contributed by atoms with van der Waals surface area (Å²) in [5.41, 5.74) is 1.98. The van der Waals surface area contributed by atoms with Crippen LogP contribution in [0.15, 0.2) is 53.0 Å². The molecular weight excluding hydrogens is 372 g/mol. The number of carbonyl (C=O) groups is 1. The fraction of sp³-hybridized carbons (Fsp3) is 0.188. The van der Waals surface area contributed by atoms with Gasteiger partial charge in [0.15, 0.2) is 0 Å². The maximum Gasteiger partial charge on any atom is 0.316 e. The lowest BCUT2D eigenvalue weighted by molar-refractivity contribution is -0.136. The molecule has 0 saturated heterocycles. The summed E-state index contributed by atoms with van der Waals surface area (Å²) in [6.07, 6.45) is 0.509. The second-order valence-electron chi connectivity index (χ2n) is 4.56. The van der Waals surface area contributed by atoms with Gasteiger partial charge in [0.1, 0.15) is 5.25 Å². The Labute approximate surface area is 141 Å². The highest BCUT2D eigenvalue weighted by atomic mass is 79.9. The van der Waals surface area contributed by atoms with E-state index < -0.39 is 11.2 Å². The van der Waals surface area contributed by atoms with E-state index in [4.69, 9.17) is 11.6 Å². The van der Waals surface area contributed by atoms with Crippen molar-refractivity contribution in [1.82, 2.24) is 0 Å². The quantitative estimate of drug-likeness (QED) is 0.757. The van der Waals surface area contributed by atoms with E-state index in [0.717, 1.165) is 15.6 Å². The van der Waals surface area contributed by atoms with Gasteiger partial charge in [0.2, 0.25) is 0 Å². The van der Waals surface area contributed by atoms with E-state index in [1.165, 1.54) is 11.8 Å². The van der Waals surface area contributed by atoms with Gasteiger partial charge in [0.25, 0.3) is 0 Å². The van der Waals surface area contributed by atoms with Gasteiger partial charge in [0, 0.05) is 15.2 Å². The average molecular weight is 386 g/mol. The van der Waals surface area contributed by atoms with Crippen molar-refractivity contribution in [1.29, 1.82) is 0 Å². The van der Waals surface area contributed by atoms with Gasteiger partial charge in [0.05, 0.1) is 0 Å². The molecule has 0 spiro atoms. The topological polar surface area (TPSA) is 37.3 Å². The normalized spacial score (nSPS) is 12.1. The number of aliphatic carboxylic acids is 1. The fourth-order valence-electron chi connectivity index (χ4n) is 1.87. The Kier molecular flexibility index (Phi) is 6.15. The second kappa shape index (κ2) is 7.87. The van der Waals surface area contributed by atoms with E-state index in [9.17, 15) is 9.90 Å². The fourth-order valence-corrected chi connectivity index (χ4v) is 3.78. The van der Waals surface area contributed by atoms with Crippen LogP contribution < -0.4 is 0 Å². The Morgan fingerprint density at radius 3 is 2.57 bits per heavy atom. The lowest BCUT2D eigenvalue weighted by Gasteiger charge is -2.13. The Morgan fingerprint density at radius 2 is 1.95 bits per heavy atom. The van der Waals surface area contributed by atoms with Crippen LogP contribution >= 0.6 is 39.3 Å². The van der Waals surface area contributed by atoms with E-state index >= 15 is 0 Å². The predicted molar refractivity (Wildman–Crippen MR) is 92.0 cm³/mol. The molecule has 0 heterocycles. The van der Waals surface area contributed by atoms with Crippen LogP contribution in [0.25, 0.3) is 0 Å². The van der Waals surface area contributed by atoms with Crippen LogP contribution in [0.1, 0.15) is 11.1 Å². The van der Waals surface area contributed by atoms with Gasteiger partial charge in [-0.3, -0.25) is 4.79 Å². The van der Waals surface area contributed by atoms with E-state index in [2.05, 4.69) is 15.9 Å². The summed E-state index contributed by atoms with van der Waals surface area (Å²) < 4.78 is 0.917. The monoisotopic (exact) mass is 384 g/mol. The van der Waals surface area contributed by atoms with Crippen molar-refractivity contribution in [3.63, 3.8) is 0 Å². The molecule has 2 aromatic rings. The molecule has 0 aromatic heterocycles. The Hall–Kier alpha value is -0.970. The molecule has 0 aliphatic carbocycles. The molecule has 0 aliphatic heterocycles. The first kappa shape index (κ1) is 16.4. The van der Waals surface area contributed by atoms with Crippen LogP contribution in [-0.4, -0.2) is 16.3 Å². The molecular formula is C16H14BrClO2S. The number of hydrogen-bond acceptors (Lipinski definition) is 2. The van der Waals surface area contributed by atoms with Gasteiger partial charge in [-0.05, 0) is 29.7 Å². The third-order valence-electron chi connectivity index (χ3n) is 2.99. The zero-order chi connectivity index (χ0) is 15.2. The van der Waals surface area contributed by atoms with Crippen LogP contribution in [0.2, 0.25) is 5.02 Å². The third-order valence-corrected chi connectivity index (χ3v) is 5.09. The number of thioether (sulfide) groups is 1. The van der Waals surface area contributed by atoms with E-state index in [0.29, 0.717) is 17.2 Å². The van der Waals surface area contributed by atoms with Crippen LogP contribution in [0.4, 0.5) is 0 Å². The molecule has 0 fully saturated rings. The van der Waals surface area contributed by atoms with Gasteiger partial charge < -0.3 is 5.11 Å². The molecule has 0 amide bonds. The summed E-state index contributed by atoms with van der Waals surface area (Å²) in [5, 5.41) is 9.54. The van der Waals surface area contributed by atoms with Crippen molar-refractivity contribution in [3.8, 4) is 0 Å². The van der Waals surface area contributed by atoms with Crippen molar-refractivity contribution < 1.29 is 9.90 Å². The molecule has 1 atom stereocenters. The van der Waals surface area contributed by atoms with Gasteiger partial charge >= 0.3 is 5.97 Å². The molecule has 0 bridgehead atoms. The lowest BCUT2D eigenvalue weighted by Crippen LogP contribution is -2.19. The molecule has 2 rings (SSSR count). The smallest absolute Gasteiger partial charge is 0.316 e. The van der Waals surface area contributed by atoms with E-state index in [1.807, 2.05) is 48.5 Å². The highest BCUT2D eigenvalue weighted by molar-refractivity contribution is 9.10. The number of rotatable bonds is 6. The van der Waals surface area contributed by atoms with E-state index in [-0.39, 0.29) is 0 Å². The number of carboxylic acids is 1. The highest BCUT2D eigenvalue weighted by Gasteiger charge is 2.19. The van der Waals surface area contributed by atoms with Crippen LogP contribution in [0.5, 0.6) is 0 Å². The molecule has 0 aliphatic rings. The van der Waals surface area contributed by atoms with Gasteiger partial charge in [-0.2, -0.15) is 0 Å². The molecule has 2 nitrogen and oxygen atoms in total. The minimum absolute atomic E-state index is 0.480. The number of carboxylic acid groups (broad SMARTS) is 1. The highest BCUT2D eigenvalue weighted by Crippen LogP contribution is 2.28. The Bertz CT molecular complexity index is 619. The van der Waals surface area contributed by atoms with Gasteiger partial charge in [-0.25, -0.2) is 0 Å². The summed E-state index contributed by atoms with van der Waals surface area (Å²) in [5.74, 6) is -0.215. The van der Waals surface area contributed by atoms with Gasteiger partial charge in [-0.15, -0.1) is 11.8 Å². The molecule has 5 heteroatoms. The SMILES string of the molecule is O=C(O)C(Cc1ccccc1)SCc1ccc(Br)cc1Cl. The minimum atomic E-state index is -0.794. The van der Waals surface area contributed by atoms with Crippen LogP contribution in [-0.2, 0) is 17.0 Å². The molecule has 0 radical (unpaired) electrons. The Balaban J connectivity index is 2.02. The maximum absolute atomic E-state index is 11.4. The maximum atomic E-state index is 11.4. The molecule has 21 heavy (non-hydrogen) atoms. The zero-order valence-electron chi connectivity index (χ0n) is 11.1. The molecule has 0 saturated carbocycles. The largest absolute Gasteiger partial charge is 0.480 e. The molecule has 2 aromatic carbocycles. The van der Waals surface area contributed by atoms with Gasteiger partial charge in [-0.1, -0.05) is 63.9 Å². The van der Waals surface area contributed by atoms with Crippen molar-refractivity contribution >= 4 is 45.3 Å². The second-order valence-corrected chi connectivity index (χ2v) is 7.08. The zero-order valence-corrected chi connectivity index (χ0v) is 14.3. The molecule has 1 unspecified atom stereocenters. The van der Waals surface area contributed by atoms with E-state index in [1.54, 1.807) is 0 Å². The van der Waals surface area contributed by atoms with Crippen molar-refractivity contribution in [2.24, 2.45) is 0 Å². The van der Waals surface area contributed by atoms with Crippen molar-refractivity contribution in [3.05, 3.63) is 69.2 Å². The van der Waals surface area contributed by atoms with Crippen molar-refractivity contribution in [2.45, 2.75) is 17.4 Å². The standard InChI is InChI=1S/C16H14BrClO2S/c17-13-7-6-12(14(18)9-13)10-21-15(16(19)20)8-11-4-2-1-3-5-11/h1-7,9,15H,8,10H2,(H,19,20). The molecule has 1 N–H and O–H groups in total. The predicted octanol–water partition coefficient (Wildman–Crippen LogP) is 5.03. The van der Waals surface area contributed by atoms with Crippen molar-refractivity contribution in [2.75, 3.05) is 0 Å². The summed E-state index contributed by atoms with van der Waals surface area (Å²) in [6, 6.07) is 15.3. The van der Waals surface area contributed by atoms with Crippen LogP contribution in [0.3, 0.4) is 0 Å². The summed E-state index contributed by atoms with van der Waals surface area (Å²) in [7, 11) is 0. The lowest BCUT2D eigenvalue weighted by atomic mass is 10.1. The summed E-state index contributed by atoms with van der Waals surface area (Å²) in [6.45, 7) is 0. The summed E-state index contributed by atoms with van der Waals surface area (Å²) >= 11 is 10.9. The summed E-state index contributed by atoms with van der Waals surface area (Å²) in [4.78, 5) is 11.4. The van der Waals surface area contributed by atoms with Crippen LogP contribution in [0, 0.1) is 0 Å². The average Bonchev–Trinajstić information content (AvgIpc) is 2.46. The number of halogens is 2. The first-order chi connectivity index (χ1) is 10.1. The Morgan fingerprint density at radius 1 is 1.24 bits per heavy atom. The molecule has 110 valence electrons. The minimum Gasteiger partial charge on any atom is -0.480 e. The number of benzene rings is 2.